The van der Waals surface area contributed by atoms with Gasteiger partial charge in [-0.15, -0.1) is 0 Å². The molecular formula is C9H16N2. The number of hydrogen-bond acceptors (Lipinski definition) is 2. The van der Waals surface area contributed by atoms with E-state index in [4.69, 9.17) is 0 Å². The van der Waals surface area contributed by atoms with Gasteiger partial charge in [0.2, 0.25) is 0 Å². The van der Waals surface area contributed by atoms with Crippen LogP contribution < -0.4 is 10.6 Å². The Balaban J connectivity index is 2.09. The normalized spacial score (nSPS) is 42.5. The summed E-state index contributed by atoms with van der Waals surface area (Å²) in [5.41, 5.74) is 0. The summed E-state index contributed by atoms with van der Waals surface area (Å²) < 4.78 is 0. The Morgan fingerprint density at radius 1 is 1.45 bits per heavy atom. The molecule has 2 aliphatic rings. The Hall–Kier alpha value is -0.340. The van der Waals surface area contributed by atoms with Gasteiger partial charge in [-0.2, -0.15) is 0 Å². The van der Waals surface area contributed by atoms with Crippen LogP contribution in [0.1, 0.15) is 6.42 Å². The summed E-state index contributed by atoms with van der Waals surface area (Å²) in [6.07, 6.45) is 5.90. The quantitative estimate of drug-likeness (QED) is 0.530. The Kier molecular flexibility index (Phi) is 1.96. The Labute approximate surface area is 68.1 Å². The molecule has 0 radical (unpaired) electrons. The zero-order valence-corrected chi connectivity index (χ0v) is 7.01. The van der Waals surface area contributed by atoms with Crippen molar-refractivity contribution in [2.75, 3.05) is 20.1 Å². The van der Waals surface area contributed by atoms with Gasteiger partial charge in [0.1, 0.15) is 0 Å². The predicted octanol–water partition coefficient (Wildman–Crippen LogP) is 0.370. The second kappa shape index (κ2) is 2.95. The van der Waals surface area contributed by atoms with E-state index in [-0.39, 0.29) is 0 Å². The molecule has 1 heterocycles. The third-order valence-corrected chi connectivity index (χ3v) is 2.97. The number of rotatable bonds is 1. The van der Waals surface area contributed by atoms with Crippen molar-refractivity contribution in [3.05, 3.63) is 12.2 Å². The van der Waals surface area contributed by atoms with E-state index in [0.717, 1.165) is 11.8 Å². The maximum atomic E-state index is 3.44. The lowest BCUT2D eigenvalue weighted by Gasteiger charge is -2.28. The van der Waals surface area contributed by atoms with E-state index in [1.54, 1.807) is 0 Å². The fourth-order valence-corrected chi connectivity index (χ4v) is 2.28. The lowest BCUT2D eigenvalue weighted by Crippen LogP contribution is -2.38. The molecule has 2 N–H and O–H groups in total. The molecule has 11 heavy (non-hydrogen) atoms. The summed E-state index contributed by atoms with van der Waals surface area (Å²) in [7, 11) is 2.07. The van der Waals surface area contributed by atoms with Crippen LogP contribution in [0.4, 0.5) is 0 Å². The molecule has 0 unspecified atom stereocenters. The molecular weight excluding hydrogens is 136 g/mol. The minimum atomic E-state index is 0.708. The summed E-state index contributed by atoms with van der Waals surface area (Å²) >= 11 is 0. The van der Waals surface area contributed by atoms with Crippen LogP contribution in [-0.2, 0) is 0 Å². The number of nitrogens with one attached hydrogen (secondary N) is 2. The molecule has 3 atom stereocenters. The van der Waals surface area contributed by atoms with Gasteiger partial charge >= 0.3 is 0 Å². The van der Waals surface area contributed by atoms with Crippen molar-refractivity contribution >= 4 is 0 Å². The van der Waals surface area contributed by atoms with E-state index in [2.05, 4.69) is 29.8 Å². The van der Waals surface area contributed by atoms with Gasteiger partial charge in [0.15, 0.2) is 0 Å². The molecule has 0 aromatic heterocycles. The minimum Gasteiger partial charge on any atom is -0.316 e. The number of hydrogen-bond donors (Lipinski definition) is 2. The van der Waals surface area contributed by atoms with E-state index in [0.29, 0.717) is 6.04 Å². The highest BCUT2D eigenvalue weighted by atomic mass is 15.0. The molecule has 2 nitrogen and oxygen atoms in total. The molecule has 1 fully saturated rings. The molecule has 0 spiro atoms. The van der Waals surface area contributed by atoms with Gasteiger partial charge in [-0.3, -0.25) is 0 Å². The monoisotopic (exact) mass is 152 g/mol. The summed E-state index contributed by atoms with van der Waals surface area (Å²) in [6.45, 7) is 2.37. The minimum absolute atomic E-state index is 0.708. The van der Waals surface area contributed by atoms with Crippen LogP contribution in [0.15, 0.2) is 12.2 Å². The van der Waals surface area contributed by atoms with Crippen LogP contribution in [0.25, 0.3) is 0 Å². The van der Waals surface area contributed by atoms with Gasteiger partial charge in [0.25, 0.3) is 0 Å². The second-order valence-corrected chi connectivity index (χ2v) is 3.54. The first-order chi connectivity index (χ1) is 5.42. The van der Waals surface area contributed by atoms with Gasteiger partial charge < -0.3 is 10.6 Å². The van der Waals surface area contributed by atoms with Crippen LogP contribution in [0.2, 0.25) is 0 Å². The molecule has 62 valence electrons. The first kappa shape index (κ1) is 7.32. The van der Waals surface area contributed by atoms with Crippen LogP contribution in [0.3, 0.4) is 0 Å². The first-order valence-electron chi connectivity index (χ1n) is 4.46. The maximum Gasteiger partial charge on any atom is 0.0145 e. The maximum absolute atomic E-state index is 3.44. The summed E-state index contributed by atoms with van der Waals surface area (Å²) in [5.74, 6) is 1.63. The van der Waals surface area contributed by atoms with Gasteiger partial charge in [-0.1, -0.05) is 12.2 Å². The standard InChI is InChI=1S/C9H16N2/c1-10-9-4-2-3-7-5-11-6-8(7)9/h2-3,7-11H,4-6H2,1H3/t7-,8-,9+/m0/s1. The van der Waals surface area contributed by atoms with Crippen molar-refractivity contribution in [1.82, 2.24) is 10.6 Å². The van der Waals surface area contributed by atoms with E-state index >= 15 is 0 Å². The average molecular weight is 152 g/mol. The van der Waals surface area contributed by atoms with Crippen molar-refractivity contribution in [2.24, 2.45) is 11.8 Å². The third kappa shape index (κ3) is 1.21. The summed E-state index contributed by atoms with van der Waals surface area (Å²) in [4.78, 5) is 0. The number of fused-ring (bicyclic) bond motifs is 1. The van der Waals surface area contributed by atoms with E-state index in [9.17, 15) is 0 Å². The fourth-order valence-electron chi connectivity index (χ4n) is 2.28. The molecule has 0 aromatic carbocycles. The summed E-state index contributed by atoms with van der Waals surface area (Å²) in [5, 5.41) is 6.82. The average Bonchev–Trinajstić information content (AvgIpc) is 2.50. The zero-order valence-electron chi connectivity index (χ0n) is 7.01. The Morgan fingerprint density at radius 2 is 2.36 bits per heavy atom. The van der Waals surface area contributed by atoms with Crippen LogP contribution in [-0.4, -0.2) is 26.2 Å². The molecule has 1 saturated heterocycles. The molecule has 0 aromatic rings. The highest BCUT2D eigenvalue weighted by Crippen LogP contribution is 2.27. The van der Waals surface area contributed by atoms with Gasteiger partial charge in [0.05, 0.1) is 0 Å². The van der Waals surface area contributed by atoms with Crippen LogP contribution in [0, 0.1) is 11.8 Å². The second-order valence-electron chi connectivity index (χ2n) is 3.54. The van der Waals surface area contributed by atoms with Gasteiger partial charge in [-0.05, 0) is 25.3 Å². The molecule has 2 heteroatoms. The lowest BCUT2D eigenvalue weighted by atomic mass is 9.83. The van der Waals surface area contributed by atoms with Gasteiger partial charge in [-0.25, -0.2) is 0 Å². The predicted molar refractivity (Wildman–Crippen MR) is 46.5 cm³/mol. The lowest BCUT2D eigenvalue weighted by molar-refractivity contribution is 0.339. The third-order valence-electron chi connectivity index (χ3n) is 2.97. The zero-order chi connectivity index (χ0) is 7.68. The van der Waals surface area contributed by atoms with Crippen molar-refractivity contribution in [2.45, 2.75) is 12.5 Å². The van der Waals surface area contributed by atoms with E-state index in [1.165, 1.54) is 19.5 Å². The fraction of sp³-hybridized carbons (Fsp3) is 0.778. The topological polar surface area (TPSA) is 24.1 Å². The Bertz CT molecular complexity index is 165. The molecule has 0 bridgehead atoms. The van der Waals surface area contributed by atoms with E-state index < -0.39 is 0 Å². The molecule has 1 aliphatic carbocycles. The molecule has 2 rings (SSSR count). The molecule has 0 amide bonds. The van der Waals surface area contributed by atoms with Gasteiger partial charge in [0, 0.05) is 19.1 Å². The van der Waals surface area contributed by atoms with Crippen molar-refractivity contribution < 1.29 is 0 Å². The van der Waals surface area contributed by atoms with Crippen LogP contribution in [0.5, 0.6) is 0 Å². The molecule has 0 saturated carbocycles. The highest BCUT2D eigenvalue weighted by molar-refractivity contribution is 5.06. The largest absolute Gasteiger partial charge is 0.316 e. The summed E-state index contributed by atoms with van der Waals surface area (Å²) in [6, 6.07) is 0.708. The van der Waals surface area contributed by atoms with Crippen molar-refractivity contribution in [3.8, 4) is 0 Å². The smallest absolute Gasteiger partial charge is 0.0145 e. The molecule has 1 aliphatic heterocycles. The Morgan fingerprint density at radius 3 is 3.18 bits per heavy atom. The van der Waals surface area contributed by atoms with Crippen molar-refractivity contribution in [3.63, 3.8) is 0 Å². The highest BCUT2D eigenvalue weighted by Gasteiger charge is 2.32. The van der Waals surface area contributed by atoms with Crippen LogP contribution >= 0.6 is 0 Å². The SMILES string of the molecule is CN[C@@H]1CC=C[C@H]2CNC[C@@H]21. The first-order valence-corrected chi connectivity index (χ1v) is 4.46. The van der Waals surface area contributed by atoms with Crippen molar-refractivity contribution in [1.29, 1.82) is 0 Å². The van der Waals surface area contributed by atoms with E-state index in [1.807, 2.05) is 0 Å².